The van der Waals surface area contributed by atoms with E-state index in [0.717, 1.165) is 6.54 Å². The molecular formula is C16H33NO2. The van der Waals surface area contributed by atoms with Crippen LogP contribution < -0.4 is 0 Å². The normalized spacial score (nSPS) is 14.6. The largest absolute Gasteiger partial charge is 0.480 e. The van der Waals surface area contributed by atoms with Crippen molar-refractivity contribution in [2.75, 3.05) is 20.1 Å². The lowest BCUT2D eigenvalue weighted by atomic mass is 9.79. The number of unbranched alkanes of at least 4 members (excludes halogenated alkanes) is 4. The maximum absolute atomic E-state index is 10.8. The van der Waals surface area contributed by atoms with Crippen LogP contribution in [-0.4, -0.2) is 36.1 Å². The summed E-state index contributed by atoms with van der Waals surface area (Å²) < 4.78 is 0. The van der Waals surface area contributed by atoms with Crippen LogP contribution in [-0.2, 0) is 4.79 Å². The lowest BCUT2D eigenvalue weighted by Crippen LogP contribution is -2.36. The van der Waals surface area contributed by atoms with Crippen LogP contribution in [0.3, 0.4) is 0 Å². The van der Waals surface area contributed by atoms with Gasteiger partial charge >= 0.3 is 5.97 Å². The molecule has 0 spiro atoms. The van der Waals surface area contributed by atoms with Crippen molar-refractivity contribution >= 4 is 5.97 Å². The fourth-order valence-electron chi connectivity index (χ4n) is 2.80. The predicted molar refractivity (Wildman–Crippen MR) is 81.5 cm³/mol. The van der Waals surface area contributed by atoms with Gasteiger partial charge in [-0.3, -0.25) is 9.69 Å². The maximum Gasteiger partial charge on any atom is 0.317 e. The minimum Gasteiger partial charge on any atom is -0.480 e. The van der Waals surface area contributed by atoms with Gasteiger partial charge in [-0.15, -0.1) is 0 Å². The third kappa shape index (κ3) is 9.94. The summed E-state index contributed by atoms with van der Waals surface area (Å²) in [4.78, 5) is 12.7. The molecule has 0 fully saturated rings. The maximum atomic E-state index is 10.8. The number of hydrogen-bond acceptors (Lipinski definition) is 2. The Bertz CT molecular complexity index is 243. The molecule has 0 amide bonds. The molecule has 0 aromatic heterocycles. The van der Waals surface area contributed by atoms with E-state index in [4.69, 9.17) is 5.11 Å². The highest BCUT2D eigenvalue weighted by Gasteiger charge is 2.25. The van der Waals surface area contributed by atoms with Gasteiger partial charge in [0.2, 0.25) is 0 Å². The lowest BCUT2D eigenvalue weighted by molar-refractivity contribution is -0.138. The SMILES string of the molecule is CCCCCCC(C)(CCCC)CN(C)CC(=O)O. The van der Waals surface area contributed by atoms with Gasteiger partial charge < -0.3 is 5.11 Å². The second-order valence-electron chi connectivity index (χ2n) is 6.29. The zero-order chi connectivity index (χ0) is 14.7. The molecule has 0 aliphatic carbocycles. The van der Waals surface area contributed by atoms with Crippen molar-refractivity contribution in [3.8, 4) is 0 Å². The topological polar surface area (TPSA) is 40.5 Å². The van der Waals surface area contributed by atoms with Crippen molar-refractivity contribution in [2.24, 2.45) is 5.41 Å². The summed E-state index contributed by atoms with van der Waals surface area (Å²) in [6, 6.07) is 0. The van der Waals surface area contributed by atoms with Gasteiger partial charge in [0.1, 0.15) is 0 Å². The summed E-state index contributed by atoms with van der Waals surface area (Å²) in [5, 5.41) is 8.86. The van der Waals surface area contributed by atoms with Gasteiger partial charge in [0, 0.05) is 6.54 Å². The van der Waals surface area contributed by atoms with Gasteiger partial charge in [-0.2, -0.15) is 0 Å². The molecule has 114 valence electrons. The Balaban J connectivity index is 4.27. The van der Waals surface area contributed by atoms with E-state index in [0.29, 0.717) is 0 Å². The first kappa shape index (κ1) is 18.4. The lowest BCUT2D eigenvalue weighted by Gasteiger charge is -2.33. The molecule has 0 saturated heterocycles. The minimum atomic E-state index is -0.730. The molecule has 0 bridgehead atoms. The Morgan fingerprint density at radius 3 is 2.16 bits per heavy atom. The first-order valence-electron chi connectivity index (χ1n) is 7.84. The summed E-state index contributed by atoms with van der Waals surface area (Å²) in [5.74, 6) is -0.730. The second-order valence-corrected chi connectivity index (χ2v) is 6.29. The number of aliphatic carboxylic acids is 1. The van der Waals surface area contributed by atoms with Crippen LogP contribution in [0.4, 0.5) is 0 Å². The predicted octanol–water partition coefficient (Wildman–Crippen LogP) is 4.17. The van der Waals surface area contributed by atoms with E-state index in [1.807, 2.05) is 11.9 Å². The molecule has 3 nitrogen and oxygen atoms in total. The number of carbonyl (C=O) groups is 1. The molecule has 1 unspecified atom stereocenters. The van der Waals surface area contributed by atoms with E-state index in [9.17, 15) is 4.79 Å². The third-order valence-electron chi connectivity index (χ3n) is 3.82. The van der Waals surface area contributed by atoms with Gasteiger partial charge in [-0.05, 0) is 25.3 Å². The third-order valence-corrected chi connectivity index (χ3v) is 3.82. The summed E-state index contributed by atoms with van der Waals surface area (Å²) in [6.07, 6.45) is 10.0. The molecule has 1 atom stereocenters. The van der Waals surface area contributed by atoms with Crippen molar-refractivity contribution in [1.29, 1.82) is 0 Å². The van der Waals surface area contributed by atoms with Crippen molar-refractivity contribution < 1.29 is 9.90 Å². The van der Waals surface area contributed by atoms with E-state index in [2.05, 4.69) is 20.8 Å². The molecule has 0 heterocycles. The fraction of sp³-hybridized carbons (Fsp3) is 0.938. The Morgan fingerprint density at radius 2 is 1.63 bits per heavy atom. The van der Waals surface area contributed by atoms with E-state index >= 15 is 0 Å². The van der Waals surface area contributed by atoms with Crippen molar-refractivity contribution in [1.82, 2.24) is 4.90 Å². The van der Waals surface area contributed by atoms with Crippen molar-refractivity contribution in [3.05, 3.63) is 0 Å². The van der Waals surface area contributed by atoms with Crippen molar-refractivity contribution in [2.45, 2.75) is 72.1 Å². The highest BCUT2D eigenvalue weighted by Crippen LogP contribution is 2.31. The summed E-state index contributed by atoms with van der Waals surface area (Å²) >= 11 is 0. The number of nitrogens with zero attached hydrogens (tertiary/aromatic N) is 1. The number of hydrogen-bond donors (Lipinski definition) is 1. The summed E-state index contributed by atoms with van der Waals surface area (Å²) in [5.41, 5.74) is 0.272. The van der Waals surface area contributed by atoms with Crippen molar-refractivity contribution in [3.63, 3.8) is 0 Å². The van der Waals surface area contributed by atoms with Crippen LogP contribution in [0.5, 0.6) is 0 Å². The van der Waals surface area contributed by atoms with Crippen LogP contribution in [0.2, 0.25) is 0 Å². The summed E-state index contributed by atoms with van der Waals surface area (Å²) in [6.45, 7) is 7.82. The molecular weight excluding hydrogens is 238 g/mol. The first-order chi connectivity index (χ1) is 8.93. The van der Waals surface area contributed by atoms with E-state index in [1.54, 1.807) is 0 Å². The Labute approximate surface area is 119 Å². The van der Waals surface area contributed by atoms with Gasteiger partial charge in [0.15, 0.2) is 0 Å². The zero-order valence-corrected chi connectivity index (χ0v) is 13.4. The van der Waals surface area contributed by atoms with Crippen LogP contribution in [0.15, 0.2) is 0 Å². The van der Waals surface area contributed by atoms with E-state index in [-0.39, 0.29) is 12.0 Å². The molecule has 0 radical (unpaired) electrons. The monoisotopic (exact) mass is 271 g/mol. The molecule has 0 saturated carbocycles. The average Bonchev–Trinajstić information content (AvgIpc) is 2.31. The van der Waals surface area contributed by atoms with Crippen LogP contribution >= 0.6 is 0 Å². The summed E-state index contributed by atoms with van der Waals surface area (Å²) in [7, 11) is 1.92. The molecule has 3 heteroatoms. The van der Waals surface area contributed by atoms with Crippen LogP contribution in [0, 0.1) is 5.41 Å². The molecule has 1 N–H and O–H groups in total. The minimum absolute atomic E-state index is 0.149. The molecule has 0 aliphatic rings. The van der Waals surface area contributed by atoms with E-state index < -0.39 is 5.97 Å². The number of rotatable bonds is 12. The Morgan fingerprint density at radius 1 is 1.05 bits per heavy atom. The number of carboxylic acid groups (broad SMARTS) is 1. The number of likely N-dealkylation sites (N-methyl/N-ethyl adjacent to an activating group) is 1. The smallest absolute Gasteiger partial charge is 0.317 e. The van der Waals surface area contributed by atoms with Crippen LogP contribution in [0.1, 0.15) is 72.1 Å². The standard InChI is InChI=1S/C16H33NO2/c1-5-7-9-10-12-16(3,11-8-6-2)14-17(4)13-15(18)19/h5-14H2,1-4H3,(H,18,19). The zero-order valence-electron chi connectivity index (χ0n) is 13.4. The fourth-order valence-corrected chi connectivity index (χ4v) is 2.80. The Hall–Kier alpha value is -0.570. The van der Waals surface area contributed by atoms with Gasteiger partial charge in [-0.1, -0.05) is 59.3 Å². The molecule has 0 rings (SSSR count). The molecule has 19 heavy (non-hydrogen) atoms. The molecule has 0 aromatic rings. The second kappa shape index (κ2) is 10.2. The quantitative estimate of drug-likeness (QED) is 0.542. The Kier molecular flexibility index (Phi) is 9.94. The van der Waals surface area contributed by atoms with Gasteiger partial charge in [0.25, 0.3) is 0 Å². The highest BCUT2D eigenvalue weighted by atomic mass is 16.4. The van der Waals surface area contributed by atoms with Gasteiger partial charge in [-0.25, -0.2) is 0 Å². The highest BCUT2D eigenvalue weighted by molar-refractivity contribution is 5.69. The number of carboxylic acids is 1. The van der Waals surface area contributed by atoms with Gasteiger partial charge in [0.05, 0.1) is 6.54 Å². The first-order valence-corrected chi connectivity index (χ1v) is 7.84. The molecule has 0 aromatic carbocycles. The van der Waals surface area contributed by atoms with E-state index in [1.165, 1.54) is 51.4 Å². The average molecular weight is 271 g/mol. The van der Waals surface area contributed by atoms with Crippen LogP contribution in [0.25, 0.3) is 0 Å². The molecule has 0 aliphatic heterocycles.